The molecule has 166 valence electrons. The minimum atomic E-state index is 0.164. The molecular weight excluding hydrogens is 368 g/mol. The first kappa shape index (κ1) is 27.5. The van der Waals surface area contributed by atoms with Gasteiger partial charge in [0.15, 0.2) is 0 Å². The third-order valence-electron chi connectivity index (χ3n) is 4.55. The number of phenolic OH excluding ortho intramolecular Hbond substituents is 1. The fraction of sp³-hybridized carbons (Fsp3) is 0.444. The molecule has 1 atom stereocenters. The van der Waals surface area contributed by atoms with Gasteiger partial charge in [-0.3, -0.25) is 4.99 Å². The van der Waals surface area contributed by atoms with Gasteiger partial charge in [0.1, 0.15) is 5.75 Å². The second-order valence-corrected chi connectivity index (χ2v) is 8.26. The number of nitrogens with zero attached hydrogens (tertiary/aromatic N) is 1. The zero-order chi connectivity index (χ0) is 23.2. The van der Waals surface area contributed by atoms with Crippen LogP contribution in [0.2, 0.25) is 0 Å². The molecule has 0 fully saturated rings. The average Bonchev–Trinajstić information content (AvgIpc) is 2.70. The Morgan fingerprint density at radius 2 is 1.80 bits per heavy atom. The van der Waals surface area contributed by atoms with Crippen molar-refractivity contribution < 1.29 is 5.11 Å². The van der Waals surface area contributed by atoms with E-state index < -0.39 is 0 Å². The average molecular weight is 411 g/mol. The molecule has 0 aliphatic rings. The first-order valence-corrected chi connectivity index (χ1v) is 10.8. The van der Waals surface area contributed by atoms with E-state index in [9.17, 15) is 5.11 Å². The second kappa shape index (κ2) is 14.4. The van der Waals surface area contributed by atoms with E-state index in [0.29, 0.717) is 11.7 Å². The highest BCUT2D eigenvalue weighted by molar-refractivity contribution is 5.81. The highest BCUT2D eigenvalue weighted by Gasteiger charge is 2.16. The highest BCUT2D eigenvalue weighted by Crippen LogP contribution is 2.26. The molecule has 2 N–H and O–H groups in total. The molecule has 0 bridgehead atoms. The van der Waals surface area contributed by atoms with Crippen molar-refractivity contribution in [2.75, 3.05) is 6.54 Å². The molecule has 0 spiro atoms. The largest absolute Gasteiger partial charge is 0.508 e. The quantitative estimate of drug-likeness (QED) is 0.277. The standard InChI is InChI=1S/C15H18O.C12H24N2/c1-4-6-13(7-5-2)12(3)14-8-10-15(16)11-9-14;1-7-9-13-10(3)14-11(8-2)12(4,5)6/h4-12,16H,1H2,2-3H3;8H,7,9H2,1-6H3,(H,13,14)/b7-5-,13-6+;11-8-. The fourth-order valence-electron chi connectivity index (χ4n) is 2.83. The maximum Gasteiger partial charge on any atom is 0.115 e. The van der Waals surface area contributed by atoms with Crippen molar-refractivity contribution in [1.82, 2.24) is 5.32 Å². The molecule has 30 heavy (non-hydrogen) atoms. The van der Waals surface area contributed by atoms with Crippen molar-refractivity contribution >= 4 is 5.84 Å². The molecular formula is C27H42N2O. The van der Waals surface area contributed by atoms with E-state index >= 15 is 0 Å². The molecule has 3 heteroatoms. The van der Waals surface area contributed by atoms with Gasteiger partial charge < -0.3 is 10.4 Å². The molecule has 0 heterocycles. The monoisotopic (exact) mass is 410 g/mol. The van der Waals surface area contributed by atoms with Crippen LogP contribution in [0.1, 0.15) is 73.3 Å². The molecule has 0 saturated heterocycles. The lowest BCUT2D eigenvalue weighted by Gasteiger charge is -2.24. The van der Waals surface area contributed by atoms with Crippen molar-refractivity contribution in [3.05, 3.63) is 78.1 Å². The Kier molecular flexibility index (Phi) is 13.2. The van der Waals surface area contributed by atoms with Crippen molar-refractivity contribution in [3.8, 4) is 5.75 Å². The molecule has 3 nitrogen and oxygen atoms in total. The summed E-state index contributed by atoms with van der Waals surface area (Å²) in [6.45, 7) is 21.6. The number of hydrogen-bond donors (Lipinski definition) is 2. The molecule has 0 saturated carbocycles. The molecule has 1 rings (SSSR count). The summed E-state index contributed by atoms with van der Waals surface area (Å²) in [6.07, 6.45) is 11.1. The van der Waals surface area contributed by atoms with Gasteiger partial charge in [-0.15, -0.1) is 0 Å². The Balaban J connectivity index is 0.000000567. The molecule has 1 unspecified atom stereocenters. The van der Waals surface area contributed by atoms with E-state index in [2.05, 4.69) is 70.6 Å². The molecule has 0 aliphatic carbocycles. The molecule has 0 radical (unpaired) electrons. The third kappa shape index (κ3) is 10.8. The maximum absolute atomic E-state index is 9.24. The molecule has 0 amide bonds. The number of rotatable bonds is 7. The number of nitrogens with one attached hydrogen (secondary N) is 1. The molecule has 0 aliphatic heterocycles. The number of phenols is 1. The van der Waals surface area contributed by atoms with Crippen LogP contribution in [0.4, 0.5) is 0 Å². The van der Waals surface area contributed by atoms with Gasteiger partial charge in [0.05, 0.1) is 5.84 Å². The Morgan fingerprint density at radius 1 is 1.20 bits per heavy atom. The summed E-state index contributed by atoms with van der Waals surface area (Å²) < 4.78 is 0. The van der Waals surface area contributed by atoms with Gasteiger partial charge in [0.25, 0.3) is 0 Å². The predicted molar refractivity (Wildman–Crippen MR) is 134 cm³/mol. The van der Waals surface area contributed by atoms with Gasteiger partial charge in [-0.25, -0.2) is 0 Å². The van der Waals surface area contributed by atoms with E-state index in [1.54, 1.807) is 18.2 Å². The Morgan fingerprint density at radius 3 is 2.23 bits per heavy atom. The first-order valence-electron chi connectivity index (χ1n) is 10.8. The van der Waals surface area contributed by atoms with Crippen LogP contribution >= 0.6 is 0 Å². The maximum atomic E-state index is 9.24. The van der Waals surface area contributed by atoms with Gasteiger partial charge in [0.2, 0.25) is 0 Å². The van der Waals surface area contributed by atoms with E-state index in [-0.39, 0.29) is 5.41 Å². The lowest BCUT2D eigenvalue weighted by molar-refractivity contribution is 0.475. The van der Waals surface area contributed by atoms with Crippen LogP contribution in [0, 0.1) is 5.41 Å². The minimum Gasteiger partial charge on any atom is -0.508 e. The number of amidine groups is 1. The second-order valence-electron chi connectivity index (χ2n) is 8.26. The SMILES string of the molecule is C/C=C(\NC(C)=NCCC)C(C)(C)C.C=C/C=C(\C=C/C)C(C)c1ccc(O)cc1. The molecule has 0 aromatic heterocycles. The summed E-state index contributed by atoms with van der Waals surface area (Å²) in [6, 6.07) is 7.32. The summed E-state index contributed by atoms with van der Waals surface area (Å²) in [5, 5.41) is 12.6. The third-order valence-corrected chi connectivity index (χ3v) is 4.55. The van der Waals surface area contributed by atoms with Gasteiger partial charge in [0, 0.05) is 23.6 Å². The zero-order valence-corrected chi connectivity index (χ0v) is 20.3. The lowest BCUT2D eigenvalue weighted by atomic mass is 9.91. The number of allylic oxidation sites excluding steroid dienone is 7. The van der Waals surface area contributed by atoms with Gasteiger partial charge >= 0.3 is 0 Å². The van der Waals surface area contributed by atoms with E-state index in [0.717, 1.165) is 18.8 Å². The van der Waals surface area contributed by atoms with Crippen molar-refractivity contribution in [3.63, 3.8) is 0 Å². The number of aromatic hydroxyl groups is 1. The van der Waals surface area contributed by atoms with Crippen LogP contribution in [-0.4, -0.2) is 17.5 Å². The predicted octanol–water partition coefficient (Wildman–Crippen LogP) is 7.54. The topological polar surface area (TPSA) is 44.6 Å². The van der Waals surface area contributed by atoms with E-state index in [4.69, 9.17) is 0 Å². The normalized spacial score (nSPS) is 14.2. The number of hydrogen-bond acceptors (Lipinski definition) is 2. The molecule has 1 aromatic rings. The van der Waals surface area contributed by atoms with Crippen LogP contribution in [0.25, 0.3) is 0 Å². The Labute approximate surface area is 185 Å². The number of aliphatic imine (C=N–C) groups is 1. The summed E-state index contributed by atoms with van der Waals surface area (Å²) in [4.78, 5) is 4.41. The highest BCUT2D eigenvalue weighted by atomic mass is 16.3. The lowest BCUT2D eigenvalue weighted by Crippen LogP contribution is -2.28. The van der Waals surface area contributed by atoms with Gasteiger partial charge in [-0.1, -0.05) is 83.7 Å². The van der Waals surface area contributed by atoms with Crippen molar-refractivity contribution in [2.24, 2.45) is 10.4 Å². The summed E-state index contributed by atoms with van der Waals surface area (Å²) in [5.74, 6) is 1.61. The van der Waals surface area contributed by atoms with E-state index in [1.807, 2.05) is 38.1 Å². The Bertz CT molecular complexity index is 744. The van der Waals surface area contributed by atoms with Crippen molar-refractivity contribution in [1.29, 1.82) is 0 Å². The van der Waals surface area contributed by atoms with Crippen molar-refractivity contribution in [2.45, 2.75) is 67.7 Å². The number of benzene rings is 1. The van der Waals surface area contributed by atoms with E-state index in [1.165, 1.54) is 16.8 Å². The summed E-state index contributed by atoms with van der Waals surface area (Å²) in [5.41, 5.74) is 3.79. The summed E-state index contributed by atoms with van der Waals surface area (Å²) in [7, 11) is 0. The fourth-order valence-corrected chi connectivity index (χ4v) is 2.83. The van der Waals surface area contributed by atoms with Crippen LogP contribution in [0.5, 0.6) is 5.75 Å². The zero-order valence-electron chi connectivity index (χ0n) is 20.3. The Hall–Kier alpha value is -2.55. The van der Waals surface area contributed by atoms with Crippen LogP contribution in [0.3, 0.4) is 0 Å². The van der Waals surface area contributed by atoms with Crippen LogP contribution in [-0.2, 0) is 0 Å². The minimum absolute atomic E-state index is 0.164. The summed E-state index contributed by atoms with van der Waals surface area (Å²) >= 11 is 0. The first-order chi connectivity index (χ1) is 14.1. The molecule has 1 aromatic carbocycles. The smallest absolute Gasteiger partial charge is 0.115 e. The van der Waals surface area contributed by atoms with Gasteiger partial charge in [-0.05, 0) is 50.5 Å². The van der Waals surface area contributed by atoms with Gasteiger partial charge in [-0.2, -0.15) is 0 Å². The van der Waals surface area contributed by atoms with Crippen LogP contribution < -0.4 is 5.32 Å². The van der Waals surface area contributed by atoms with Crippen LogP contribution in [0.15, 0.2) is 77.5 Å².